The van der Waals surface area contributed by atoms with Crippen molar-refractivity contribution in [1.82, 2.24) is 4.90 Å². The van der Waals surface area contributed by atoms with Gasteiger partial charge < -0.3 is 10.6 Å². The topological polar surface area (TPSA) is 46.3 Å². The lowest BCUT2D eigenvalue weighted by Gasteiger charge is -2.32. The van der Waals surface area contributed by atoms with E-state index in [1.807, 2.05) is 4.90 Å². The van der Waals surface area contributed by atoms with Gasteiger partial charge in [-0.3, -0.25) is 4.79 Å². The Morgan fingerprint density at radius 2 is 2.26 bits per heavy atom. The zero-order valence-electron chi connectivity index (χ0n) is 10.8. The van der Waals surface area contributed by atoms with E-state index in [0.29, 0.717) is 18.0 Å². The van der Waals surface area contributed by atoms with Gasteiger partial charge in [-0.2, -0.15) is 0 Å². The molecule has 2 rings (SSSR count). The minimum absolute atomic E-state index is 0. The predicted molar refractivity (Wildman–Crippen MR) is 75.9 cm³/mol. The number of benzene rings is 1. The number of amides is 1. The molecule has 1 heterocycles. The fourth-order valence-electron chi connectivity index (χ4n) is 2.52. The summed E-state index contributed by atoms with van der Waals surface area (Å²) in [6, 6.07) is 5.89. The van der Waals surface area contributed by atoms with Crippen molar-refractivity contribution in [3.8, 4) is 0 Å². The molecule has 0 saturated carbocycles. The molecule has 1 aliphatic heterocycles. The van der Waals surface area contributed by atoms with Crippen molar-refractivity contribution in [2.45, 2.75) is 19.3 Å². The van der Waals surface area contributed by atoms with E-state index in [2.05, 4.69) is 0 Å². The van der Waals surface area contributed by atoms with Crippen LogP contribution in [0.4, 0.5) is 4.39 Å². The molecule has 2 N–H and O–H groups in total. The molecule has 0 aliphatic carbocycles. The second-order valence-electron chi connectivity index (χ2n) is 4.85. The molecule has 1 fully saturated rings. The predicted octanol–water partition coefficient (Wildman–Crippen LogP) is 2.45. The molecular weight excluding hydrogens is 267 g/mol. The third kappa shape index (κ3) is 4.18. The van der Waals surface area contributed by atoms with Gasteiger partial charge in [0.1, 0.15) is 5.82 Å². The summed E-state index contributed by atoms with van der Waals surface area (Å²) >= 11 is 0. The molecule has 1 saturated heterocycles. The summed E-state index contributed by atoms with van der Waals surface area (Å²) in [4.78, 5) is 14.0. The first-order chi connectivity index (χ1) is 8.70. The Morgan fingerprint density at radius 3 is 2.95 bits per heavy atom. The molecule has 1 atom stereocenters. The second kappa shape index (κ2) is 7.46. The molecule has 1 aliphatic rings. The highest BCUT2D eigenvalue weighted by Crippen LogP contribution is 2.20. The van der Waals surface area contributed by atoms with Crippen LogP contribution in [0, 0.1) is 11.7 Å². The number of piperidine rings is 1. The SMILES string of the molecule is Cl.NCCC1CCCN(C(=O)c2cccc(F)c2)C1. The van der Waals surface area contributed by atoms with Crippen LogP contribution >= 0.6 is 12.4 Å². The van der Waals surface area contributed by atoms with Crippen molar-refractivity contribution in [3.63, 3.8) is 0 Å². The van der Waals surface area contributed by atoms with Gasteiger partial charge in [0.25, 0.3) is 5.91 Å². The molecular formula is C14H20ClFN2O. The summed E-state index contributed by atoms with van der Waals surface area (Å²) in [7, 11) is 0. The Morgan fingerprint density at radius 1 is 1.47 bits per heavy atom. The van der Waals surface area contributed by atoms with Gasteiger partial charge >= 0.3 is 0 Å². The molecule has 19 heavy (non-hydrogen) atoms. The highest BCUT2D eigenvalue weighted by atomic mass is 35.5. The van der Waals surface area contributed by atoms with Gasteiger partial charge in [-0.05, 0) is 49.9 Å². The van der Waals surface area contributed by atoms with E-state index in [4.69, 9.17) is 5.73 Å². The summed E-state index contributed by atoms with van der Waals surface area (Å²) in [5.74, 6) is 0.0499. The van der Waals surface area contributed by atoms with E-state index >= 15 is 0 Å². The maximum Gasteiger partial charge on any atom is 0.253 e. The number of nitrogens with two attached hydrogens (primary N) is 1. The van der Waals surface area contributed by atoms with E-state index in [1.54, 1.807) is 12.1 Å². The lowest BCUT2D eigenvalue weighted by Crippen LogP contribution is -2.40. The van der Waals surface area contributed by atoms with Crippen LogP contribution in [0.5, 0.6) is 0 Å². The van der Waals surface area contributed by atoms with Crippen LogP contribution in [-0.4, -0.2) is 30.4 Å². The molecule has 0 radical (unpaired) electrons. The number of carbonyl (C=O) groups is 1. The van der Waals surface area contributed by atoms with E-state index in [9.17, 15) is 9.18 Å². The van der Waals surface area contributed by atoms with Crippen molar-refractivity contribution in [1.29, 1.82) is 0 Å². The molecule has 1 amide bonds. The molecule has 1 aromatic carbocycles. The Bertz CT molecular complexity index is 426. The maximum absolute atomic E-state index is 13.1. The summed E-state index contributed by atoms with van der Waals surface area (Å²) in [5, 5.41) is 0. The Hall–Kier alpha value is -1.13. The normalized spacial score (nSPS) is 18.8. The van der Waals surface area contributed by atoms with Gasteiger partial charge in [-0.15, -0.1) is 12.4 Å². The summed E-state index contributed by atoms with van der Waals surface area (Å²) in [5.41, 5.74) is 5.99. The number of carbonyl (C=O) groups excluding carboxylic acids is 1. The third-order valence-electron chi connectivity index (χ3n) is 3.45. The number of hydrogen-bond acceptors (Lipinski definition) is 2. The zero-order chi connectivity index (χ0) is 13.0. The molecule has 0 spiro atoms. The average molecular weight is 287 g/mol. The lowest BCUT2D eigenvalue weighted by molar-refractivity contribution is 0.0669. The van der Waals surface area contributed by atoms with Crippen molar-refractivity contribution in [2.75, 3.05) is 19.6 Å². The fraction of sp³-hybridized carbons (Fsp3) is 0.500. The minimum atomic E-state index is -0.364. The number of halogens is 2. The van der Waals surface area contributed by atoms with E-state index in [0.717, 1.165) is 32.4 Å². The Kier molecular flexibility index (Phi) is 6.25. The average Bonchev–Trinajstić information content (AvgIpc) is 2.39. The van der Waals surface area contributed by atoms with Crippen LogP contribution in [0.3, 0.4) is 0 Å². The highest BCUT2D eigenvalue weighted by Gasteiger charge is 2.24. The van der Waals surface area contributed by atoms with E-state index in [-0.39, 0.29) is 24.1 Å². The first kappa shape index (κ1) is 15.9. The van der Waals surface area contributed by atoms with Gasteiger partial charge in [0, 0.05) is 18.7 Å². The van der Waals surface area contributed by atoms with Crippen molar-refractivity contribution in [3.05, 3.63) is 35.6 Å². The first-order valence-corrected chi connectivity index (χ1v) is 6.45. The quantitative estimate of drug-likeness (QED) is 0.928. The van der Waals surface area contributed by atoms with Gasteiger partial charge in [0.2, 0.25) is 0 Å². The summed E-state index contributed by atoms with van der Waals surface area (Å²) in [6.07, 6.45) is 3.09. The smallest absolute Gasteiger partial charge is 0.253 e. The Labute approximate surface area is 119 Å². The number of nitrogens with zero attached hydrogens (tertiary/aromatic N) is 1. The molecule has 5 heteroatoms. The van der Waals surface area contributed by atoms with Crippen LogP contribution in [0.25, 0.3) is 0 Å². The van der Waals surface area contributed by atoms with Crippen LogP contribution in [0.15, 0.2) is 24.3 Å². The molecule has 1 unspecified atom stereocenters. The Balaban J connectivity index is 0.00000180. The van der Waals surface area contributed by atoms with Crippen molar-refractivity contribution < 1.29 is 9.18 Å². The number of likely N-dealkylation sites (tertiary alicyclic amines) is 1. The largest absolute Gasteiger partial charge is 0.338 e. The zero-order valence-corrected chi connectivity index (χ0v) is 11.7. The monoisotopic (exact) mass is 286 g/mol. The van der Waals surface area contributed by atoms with Crippen LogP contribution in [0.2, 0.25) is 0 Å². The molecule has 0 aromatic heterocycles. The van der Waals surface area contributed by atoms with Gasteiger partial charge in [0.05, 0.1) is 0 Å². The first-order valence-electron chi connectivity index (χ1n) is 6.45. The number of hydrogen-bond donors (Lipinski definition) is 1. The number of rotatable bonds is 3. The standard InChI is InChI=1S/C14H19FN2O.ClH/c15-13-5-1-4-12(9-13)14(18)17-8-2-3-11(10-17)6-7-16;/h1,4-5,9,11H,2-3,6-8,10,16H2;1H. The fourth-order valence-corrected chi connectivity index (χ4v) is 2.52. The van der Waals surface area contributed by atoms with Crippen LogP contribution in [-0.2, 0) is 0 Å². The van der Waals surface area contributed by atoms with Crippen molar-refractivity contribution >= 4 is 18.3 Å². The lowest BCUT2D eigenvalue weighted by atomic mass is 9.94. The third-order valence-corrected chi connectivity index (χ3v) is 3.45. The molecule has 3 nitrogen and oxygen atoms in total. The van der Waals surface area contributed by atoms with Gasteiger partial charge in [-0.25, -0.2) is 4.39 Å². The molecule has 0 bridgehead atoms. The van der Waals surface area contributed by atoms with E-state index in [1.165, 1.54) is 12.1 Å². The summed E-state index contributed by atoms with van der Waals surface area (Å²) in [6.45, 7) is 2.16. The van der Waals surface area contributed by atoms with Gasteiger partial charge in [-0.1, -0.05) is 6.07 Å². The molecule has 1 aromatic rings. The maximum atomic E-state index is 13.1. The van der Waals surface area contributed by atoms with E-state index < -0.39 is 0 Å². The summed E-state index contributed by atoms with van der Waals surface area (Å²) < 4.78 is 13.1. The highest BCUT2D eigenvalue weighted by molar-refractivity contribution is 5.94. The van der Waals surface area contributed by atoms with Crippen LogP contribution in [0.1, 0.15) is 29.6 Å². The van der Waals surface area contributed by atoms with Crippen molar-refractivity contribution in [2.24, 2.45) is 11.7 Å². The minimum Gasteiger partial charge on any atom is -0.338 e. The van der Waals surface area contributed by atoms with Crippen LogP contribution < -0.4 is 5.73 Å². The van der Waals surface area contributed by atoms with Gasteiger partial charge in [0.15, 0.2) is 0 Å². The molecule has 106 valence electrons. The second-order valence-corrected chi connectivity index (χ2v) is 4.85.